The van der Waals surface area contributed by atoms with E-state index in [0.717, 1.165) is 32.5 Å². The highest BCUT2D eigenvalue weighted by atomic mass is 16.5. The molecule has 1 fully saturated rings. The summed E-state index contributed by atoms with van der Waals surface area (Å²) in [4.78, 5) is 12.9. The van der Waals surface area contributed by atoms with Crippen molar-refractivity contribution < 1.29 is 9.53 Å². The molecular formula is C13H26N2O2. The maximum atomic E-state index is 11.3. The van der Waals surface area contributed by atoms with E-state index >= 15 is 0 Å². The van der Waals surface area contributed by atoms with E-state index in [9.17, 15) is 4.79 Å². The molecule has 4 heteroatoms. The molecule has 1 aliphatic rings. The van der Waals surface area contributed by atoms with Gasteiger partial charge >= 0.3 is 0 Å². The highest BCUT2D eigenvalue weighted by Crippen LogP contribution is 2.14. The summed E-state index contributed by atoms with van der Waals surface area (Å²) in [7, 11) is 3.60. The molecule has 1 N–H and O–H groups in total. The lowest BCUT2D eigenvalue weighted by Crippen LogP contribution is -2.27. The van der Waals surface area contributed by atoms with Crippen LogP contribution in [0, 0.1) is 0 Å². The van der Waals surface area contributed by atoms with Gasteiger partial charge < -0.3 is 15.0 Å². The number of rotatable bonds is 7. The van der Waals surface area contributed by atoms with Gasteiger partial charge in [0, 0.05) is 27.1 Å². The quantitative estimate of drug-likeness (QED) is 0.686. The van der Waals surface area contributed by atoms with Gasteiger partial charge in [-0.05, 0) is 45.2 Å². The Morgan fingerprint density at radius 2 is 2.18 bits per heavy atom. The third kappa shape index (κ3) is 6.64. The van der Waals surface area contributed by atoms with Crippen LogP contribution in [0.15, 0.2) is 0 Å². The second kappa shape index (κ2) is 8.48. The van der Waals surface area contributed by atoms with Crippen LogP contribution in [0.1, 0.15) is 38.5 Å². The highest BCUT2D eigenvalue weighted by molar-refractivity contribution is 5.75. The standard InChI is InChI=1S/C13H26N2O2/c1-15(2)13(16)7-5-9-14-10-8-12-6-3-4-11-17-12/h12,14H,3-11H2,1-2H3. The smallest absolute Gasteiger partial charge is 0.222 e. The van der Waals surface area contributed by atoms with Crippen LogP contribution in [0.2, 0.25) is 0 Å². The maximum absolute atomic E-state index is 11.3. The monoisotopic (exact) mass is 242 g/mol. The van der Waals surface area contributed by atoms with Gasteiger partial charge in [0.15, 0.2) is 0 Å². The molecule has 1 aliphatic heterocycles. The Morgan fingerprint density at radius 1 is 1.35 bits per heavy atom. The van der Waals surface area contributed by atoms with Crippen LogP contribution in [0.3, 0.4) is 0 Å². The first-order valence-corrected chi connectivity index (χ1v) is 6.72. The van der Waals surface area contributed by atoms with Crippen molar-refractivity contribution >= 4 is 5.91 Å². The van der Waals surface area contributed by atoms with E-state index < -0.39 is 0 Å². The molecule has 1 unspecified atom stereocenters. The zero-order chi connectivity index (χ0) is 12.5. The first-order valence-electron chi connectivity index (χ1n) is 6.72. The Balaban J connectivity index is 1.88. The van der Waals surface area contributed by atoms with E-state index in [2.05, 4.69) is 5.32 Å². The summed E-state index contributed by atoms with van der Waals surface area (Å²) in [5.74, 6) is 0.211. The molecule has 0 radical (unpaired) electrons. The Hall–Kier alpha value is -0.610. The van der Waals surface area contributed by atoms with E-state index in [0.29, 0.717) is 12.5 Å². The van der Waals surface area contributed by atoms with Gasteiger partial charge in [0.1, 0.15) is 0 Å². The van der Waals surface area contributed by atoms with Crippen LogP contribution in [0.5, 0.6) is 0 Å². The molecule has 0 aromatic rings. The summed E-state index contributed by atoms with van der Waals surface area (Å²) in [6, 6.07) is 0. The van der Waals surface area contributed by atoms with Gasteiger partial charge in [-0.25, -0.2) is 0 Å². The van der Waals surface area contributed by atoms with E-state index in [1.54, 1.807) is 19.0 Å². The minimum Gasteiger partial charge on any atom is -0.378 e. The van der Waals surface area contributed by atoms with Gasteiger partial charge in [0.2, 0.25) is 5.91 Å². The number of ether oxygens (including phenoxy) is 1. The molecule has 1 saturated heterocycles. The number of carbonyl (C=O) groups excluding carboxylic acids is 1. The lowest BCUT2D eigenvalue weighted by Gasteiger charge is -2.22. The molecule has 0 spiro atoms. The molecule has 17 heavy (non-hydrogen) atoms. The van der Waals surface area contributed by atoms with Crippen LogP contribution < -0.4 is 5.32 Å². The van der Waals surface area contributed by atoms with Crippen LogP contribution >= 0.6 is 0 Å². The van der Waals surface area contributed by atoms with Gasteiger partial charge in [-0.2, -0.15) is 0 Å². The summed E-state index contributed by atoms with van der Waals surface area (Å²) in [5.41, 5.74) is 0. The fourth-order valence-corrected chi connectivity index (χ4v) is 2.01. The maximum Gasteiger partial charge on any atom is 0.222 e. The molecule has 1 atom stereocenters. The number of hydrogen-bond donors (Lipinski definition) is 1. The topological polar surface area (TPSA) is 41.6 Å². The van der Waals surface area contributed by atoms with E-state index in [1.807, 2.05) is 0 Å². The lowest BCUT2D eigenvalue weighted by atomic mass is 10.1. The zero-order valence-electron chi connectivity index (χ0n) is 11.2. The molecule has 4 nitrogen and oxygen atoms in total. The molecule has 100 valence electrons. The molecule has 1 heterocycles. The lowest BCUT2D eigenvalue weighted by molar-refractivity contribution is -0.128. The second-order valence-electron chi connectivity index (χ2n) is 4.92. The summed E-state index contributed by atoms with van der Waals surface area (Å²) in [6.45, 7) is 2.86. The average molecular weight is 242 g/mol. The largest absolute Gasteiger partial charge is 0.378 e. The van der Waals surface area contributed by atoms with Gasteiger partial charge in [0.25, 0.3) is 0 Å². The normalized spacial score (nSPS) is 20.2. The van der Waals surface area contributed by atoms with E-state index in [4.69, 9.17) is 4.74 Å². The van der Waals surface area contributed by atoms with Gasteiger partial charge in [-0.1, -0.05) is 0 Å². The summed E-state index contributed by atoms with van der Waals surface area (Å²) < 4.78 is 5.65. The molecule has 0 aromatic carbocycles. The molecule has 0 aromatic heterocycles. The second-order valence-corrected chi connectivity index (χ2v) is 4.92. The summed E-state index contributed by atoms with van der Waals surface area (Å²) in [5, 5.41) is 3.38. The number of hydrogen-bond acceptors (Lipinski definition) is 3. The Kier molecular flexibility index (Phi) is 7.21. The van der Waals surface area contributed by atoms with Crippen LogP contribution in [0.4, 0.5) is 0 Å². The molecule has 0 saturated carbocycles. The first-order chi connectivity index (χ1) is 8.20. The average Bonchev–Trinajstić information content (AvgIpc) is 2.34. The third-order valence-electron chi connectivity index (χ3n) is 3.16. The number of amides is 1. The van der Waals surface area contributed by atoms with Crippen LogP contribution in [-0.2, 0) is 9.53 Å². The van der Waals surface area contributed by atoms with Crippen molar-refractivity contribution in [2.45, 2.75) is 44.6 Å². The van der Waals surface area contributed by atoms with E-state index in [-0.39, 0.29) is 5.91 Å². The van der Waals surface area contributed by atoms with Crippen molar-refractivity contribution in [1.82, 2.24) is 10.2 Å². The predicted molar refractivity (Wildman–Crippen MR) is 69.0 cm³/mol. The fourth-order valence-electron chi connectivity index (χ4n) is 2.01. The van der Waals surface area contributed by atoms with Crippen LogP contribution in [0.25, 0.3) is 0 Å². The number of carbonyl (C=O) groups is 1. The Morgan fingerprint density at radius 3 is 2.82 bits per heavy atom. The van der Waals surface area contributed by atoms with Crippen molar-refractivity contribution in [3.8, 4) is 0 Å². The minimum atomic E-state index is 0.211. The summed E-state index contributed by atoms with van der Waals surface area (Å²) >= 11 is 0. The van der Waals surface area contributed by atoms with Gasteiger partial charge in [-0.15, -0.1) is 0 Å². The first kappa shape index (κ1) is 14.5. The predicted octanol–water partition coefficient (Wildman–Crippen LogP) is 1.40. The summed E-state index contributed by atoms with van der Waals surface area (Å²) in [6.07, 6.45) is 6.85. The molecule has 0 bridgehead atoms. The Labute approximate surface area is 105 Å². The van der Waals surface area contributed by atoms with Crippen LogP contribution in [-0.4, -0.2) is 50.7 Å². The van der Waals surface area contributed by atoms with Crippen molar-refractivity contribution in [2.75, 3.05) is 33.8 Å². The minimum absolute atomic E-state index is 0.211. The highest BCUT2D eigenvalue weighted by Gasteiger charge is 2.12. The molecule has 1 amide bonds. The number of nitrogens with one attached hydrogen (secondary N) is 1. The third-order valence-corrected chi connectivity index (χ3v) is 3.16. The molecule has 1 rings (SSSR count). The van der Waals surface area contributed by atoms with Crippen molar-refractivity contribution in [1.29, 1.82) is 0 Å². The Bertz CT molecular complexity index is 213. The van der Waals surface area contributed by atoms with Gasteiger partial charge in [-0.3, -0.25) is 4.79 Å². The molecule has 0 aliphatic carbocycles. The van der Waals surface area contributed by atoms with Crippen molar-refractivity contribution in [2.24, 2.45) is 0 Å². The van der Waals surface area contributed by atoms with Gasteiger partial charge in [0.05, 0.1) is 6.10 Å². The van der Waals surface area contributed by atoms with E-state index in [1.165, 1.54) is 19.3 Å². The van der Waals surface area contributed by atoms with Crippen molar-refractivity contribution in [3.63, 3.8) is 0 Å². The molecular weight excluding hydrogens is 216 g/mol. The number of nitrogens with zero attached hydrogens (tertiary/aromatic N) is 1. The fraction of sp³-hybridized carbons (Fsp3) is 0.923. The van der Waals surface area contributed by atoms with Crippen molar-refractivity contribution in [3.05, 3.63) is 0 Å². The SMILES string of the molecule is CN(C)C(=O)CCCNCCC1CCCCO1. The zero-order valence-corrected chi connectivity index (χ0v) is 11.2.